The van der Waals surface area contributed by atoms with Crippen molar-refractivity contribution in [3.05, 3.63) is 41.2 Å². The molecule has 0 bridgehead atoms. The number of alkyl halides is 3. The lowest BCUT2D eigenvalue weighted by atomic mass is 9.77. The van der Waals surface area contributed by atoms with E-state index in [1.54, 1.807) is 12.4 Å². The van der Waals surface area contributed by atoms with Gasteiger partial charge in [-0.2, -0.15) is 13.2 Å². The summed E-state index contributed by atoms with van der Waals surface area (Å²) in [7, 11) is 0. The average Bonchev–Trinajstić information content (AvgIpc) is 3.04. The lowest BCUT2D eigenvalue weighted by molar-refractivity contribution is -0.151. The number of nitrogens with two attached hydrogens (primary N) is 1. The number of halogens is 3. The minimum absolute atomic E-state index is 0.136. The molecule has 2 aliphatic heterocycles. The maximum Gasteiger partial charge on any atom is 0.401 e. The summed E-state index contributed by atoms with van der Waals surface area (Å²) in [6.45, 7) is 1.60. The van der Waals surface area contributed by atoms with E-state index in [1.165, 1.54) is 4.90 Å². The molecule has 5 nitrogen and oxygen atoms in total. The van der Waals surface area contributed by atoms with E-state index in [2.05, 4.69) is 4.98 Å². The minimum Gasteiger partial charge on any atom is -0.480 e. The third kappa shape index (κ3) is 3.09. The fourth-order valence-corrected chi connectivity index (χ4v) is 4.70. The average molecular weight is 393 g/mol. The first-order valence-electron chi connectivity index (χ1n) is 9.42. The van der Waals surface area contributed by atoms with Crippen molar-refractivity contribution in [2.45, 2.75) is 38.0 Å². The standard InChI is InChI=1S/C20H22F3N3O2/c1-2-12-14(18(24)27)9-15-17(12)13-3-6-25-10-16(13)28-19(15)4-7-26(8-5-19)11-20(21,22)23/h3,6,9-10,12H,2,4-5,7-8,11H2,1H3,(H2,24,27). The number of primary amides is 1. The Morgan fingerprint density at radius 1 is 1.39 bits per heavy atom. The van der Waals surface area contributed by atoms with E-state index in [4.69, 9.17) is 10.5 Å². The molecule has 0 aromatic carbocycles. The van der Waals surface area contributed by atoms with Gasteiger partial charge in [-0.3, -0.25) is 14.7 Å². The Morgan fingerprint density at radius 3 is 2.71 bits per heavy atom. The Hall–Kier alpha value is -2.35. The van der Waals surface area contributed by atoms with Crippen molar-refractivity contribution in [3.8, 4) is 5.75 Å². The summed E-state index contributed by atoms with van der Waals surface area (Å²) in [6, 6.07) is 1.86. The molecule has 28 heavy (non-hydrogen) atoms. The highest BCUT2D eigenvalue weighted by Gasteiger charge is 2.49. The Balaban J connectivity index is 1.73. The first-order valence-corrected chi connectivity index (χ1v) is 9.42. The molecular formula is C20H22F3N3O2. The Kier molecular flexibility index (Phi) is 4.49. The molecule has 0 radical (unpaired) electrons. The van der Waals surface area contributed by atoms with Crippen LogP contribution in [0.4, 0.5) is 13.2 Å². The quantitative estimate of drug-likeness (QED) is 0.857. The van der Waals surface area contributed by atoms with Gasteiger partial charge in [0.2, 0.25) is 5.91 Å². The second-order valence-electron chi connectivity index (χ2n) is 7.61. The van der Waals surface area contributed by atoms with Crippen LogP contribution in [0.2, 0.25) is 0 Å². The molecule has 1 aliphatic carbocycles. The molecule has 1 aromatic heterocycles. The fraction of sp³-hybridized carbons (Fsp3) is 0.500. The third-order valence-corrected chi connectivity index (χ3v) is 5.94. The van der Waals surface area contributed by atoms with Gasteiger partial charge in [0.1, 0.15) is 11.4 Å². The number of pyridine rings is 1. The molecule has 1 fully saturated rings. The molecule has 1 amide bonds. The minimum atomic E-state index is -4.22. The van der Waals surface area contributed by atoms with Gasteiger partial charge in [-0.25, -0.2) is 0 Å². The molecule has 1 unspecified atom stereocenters. The number of hydrogen-bond donors (Lipinski definition) is 1. The van der Waals surface area contributed by atoms with Crippen LogP contribution in [0.1, 0.15) is 31.7 Å². The number of hydrogen-bond acceptors (Lipinski definition) is 4. The van der Waals surface area contributed by atoms with Crippen molar-refractivity contribution in [3.63, 3.8) is 0 Å². The van der Waals surface area contributed by atoms with Crippen molar-refractivity contribution in [2.24, 2.45) is 11.7 Å². The van der Waals surface area contributed by atoms with Crippen LogP contribution in [-0.2, 0) is 4.79 Å². The molecule has 3 aliphatic rings. The van der Waals surface area contributed by atoms with Crippen molar-refractivity contribution in [1.29, 1.82) is 0 Å². The summed E-state index contributed by atoms with van der Waals surface area (Å²) in [4.78, 5) is 17.6. The van der Waals surface area contributed by atoms with E-state index in [0.29, 0.717) is 30.6 Å². The zero-order valence-electron chi connectivity index (χ0n) is 15.6. The van der Waals surface area contributed by atoms with Crippen LogP contribution in [0.15, 0.2) is 35.7 Å². The maximum atomic E-state index is 12.8. The lowest BCUT2D eigenvalue weighted by Gasteiger charge is -2.45. The zero-order valence-corrected chi connectivity index (χ0v) is 15.6. The number of likely N-dealkylation sites (tertiary alicyclic amines) is 1. The molecule has 1 atom stereocenters. The molecule has 0 saturated carbocycles. The van der Waals surface area contributed by atoms with Gasteiger partial charge in [-0.15, -0.1) is 0 Å². The SMILES string of the molecule is CCC1C(C(N)=O)=CC2=C1c1ccncc1OC21CCN(CC(F)(F)F)CC1. The molecular weight excluding hydrogens is 371 g/mol. The molecule has 8 heteroatoms. The summed E-state index contributed by atoms with van der Waals surface area (Å²) >= 11 is 0. The van der Waals surface area contributed by atoms with Crippen molar-refractivity contribution < 1.29 is 22.7 Å². The fourth-order valence-electron chi connectivity index (χ4n) is 4.70. The van der Waals surface area contributed by atoms with Crippen molar-refractivity contribution >= 4 is 11.5 Å². The van der Waals surface area contributed by atoms with Gasteiger partial charge in [0.05, 0.1) is 12.7 Å². The highest BCUT2D eigenvalue weighted by atomic mass is 19.4. The summed E-state index contributed by atoms with van der Waals surface area (Å²) in [6.07, 6.45) is 2.42. The second-order valence-corrected chi connectivity index (χ2v) is 7.61. The van der Waals surface area contributed by atoms with Crippen LogP contribution < -0.4 is 10.5 Å². The van der Waals surface area contributed by atoms with Gasteiger partial charge in [0.15, 0.2) is 0 Å². The number of aromatic nitrogens is 1. The number of nitrogens with zero attached hydrogens (tertiary/aromatic N) is 2. The van der Waals surface area contributed by atoms with E-state index in [-0.39, 0.29) is 19.0 Å². The monoisotopic (exact) mass is 393 g/mol. The predicted molar refractivity (Wildman–Crippen MR) is 97.3 cm³/mol. The summed E-state index contributed by atoms with van der Waals surface area (Å²) in [5.74, 6) is 0.00670. The number of fused-ring (bicyclic) bond motifs is 3. The Morgan fingerprint density at radius 2 is 2.11 bits per heavy atom. The van der Waals surface area contributed by atoms with Crippen LogP contribution in [0.3, 0.4) is 0 Å². The number of allylic oxidation sites excluding steroid dienone is 1. The first-order chi connectivity index (χ1) is 13.2. The number of amides is 1. The van der Waals surface area contributed by atoms with Crippen LogP contribution in [-0.4, -0.2) is 47.2 Å². The van der Waals surface area contributed by atoms with E-state index in [1.807, 2.05) is 19.1 Å². The van der Waals surface area contributed by atoms with Gasteiger partial charge >= 0.3 is 6.18 Å². The van der Waals surface area contributed by atoms with Gasteiger partial charge in [-0.1, -0.05) is 6.92 Å². The summed E-state index contributed by atoms with van der Waals surface area (Å²) < 4.78 is 44.7. The second kappa shape index (κ2) is 6.62. The molecule has 1 saturated heterocycles. The Bertz CT molecular complexity index is 868. The van der Waals surface area contributed by atoms with Crippen molar-refractivity contribution in [2.75, 3.05) is 19.6 Å². The highest BCUT2D eigenvalue weighted by molar-refractivity contribution is 6.01. The van der Waals surface area contributed by atoms with E-state index >= 15 is 0 Å². The molecule has 3 heterocycles. The van der Waals surface area contributed by atoms with Crippen LogP contribution in [0.25, 0.3) is 5.57 Å². The maximum absolute atomic E-state index is 12.8. The lowest BCUT2D eigenvalue weighted by Crippen LogP contribution is -2.52. The molecule has 4 rings (SSSR count). The van der Waals surface area contributed by atoms with Gasteiger partial charge in [0.25, 0.3) is 0 Å². The zero-order chi connectivity index (χ0) is 20.1. The number of piperidine rings is 1. The summed E-state index contributed by atoms with van der Waals surface area (Å²) in [5, 5.41) is 0. The van der Waals surface area contributed by atoms with E-state index in [9.17, 15) is 18.0 Å². The number of carbonyl (C=O) groups is 1. The number of rotatable bonds is 3. The van der Waals surface area contributed by atoms with Crippen molar-refractivity contribution in [1.82, 2.24) is 9.88 Å². The van der Waals surface area contributed by atoms with E-state index in [0.717, 1.165) is 16.7 Å². The normalized spacial score (nSPS) is 23.9. The topological polar surface area (TPSA) is 68.5 Å². The molecule has 150 valence electrons. The smallest absolute Gasteiger partial charge is 0.401 e. The summed E-state index contributed by atoms with van der Waals surface area (Å²) in [5.41, 5.74) is 8.19. The molecule has 2 N–H and O–H groups in total. The molecule has 1 aromatic rings. The van der Waals surface area contributed by atoms with Crippen LogP contribution >= 0.6 is 0 Å². The van der Waals surface area contributed by atoms with Gasteiger partial charge < -0.3 is 10.5 Å². The first kappa shape index (κ1) is 19.0. The van der Waals surface area contributed by atoms with Crippen LogP contribution in [0.5, 0.6) is 5.75 Å². The van der Waals surface area contributed by atoms with Gasteiger partial charge in [0, 0.05) is 54.8 Å². The van der Waals surface area contributed by atoms with E-state index < -0.39 is 24.2 Å². The number of ether oxygens (including phenoxy) is 1. The Labute approximate surface area is 161 Å². The third-order valence-electron chi connectivity index (χ3n) is 5.94. The number of carbonyl (C=O) groups excluding carboxylic acids is 1. The van der Waals surface area contributed by atoms with Crippen LogP contribution in [0, 0.1) is 5.92 Å². The predicted octanol–water partition coefficient (Wildman–Crippen LogP) is 3.08. The highest BCUT2D eigenvalue weighted by Crippen LogP contribution is 2.53. The van der Waals surface area contributed by atoms with Gasteiger partial charge in [-0.05, 0) is 24.1 Å². The largest absolute Gasteiger partial charge is 0.480 e. The molecule has 1 spiro atoms.